The Balaban J connectivity index is 1.92. The number of aliphatic hydroxyl groups is 1. The molecule has 0 bridgehead atoms. The normalized spacial score (nSPS) is 17.0. The quantitative estimate of drug-likeness (QED) is 0.514. The summed E-state index contributed by atoms with van der Waals surface area (Å²) in [6.07, 6.45) is -5.55. The third kappa shape index (κ3) is 4.65. The minimum Gasteiger partial charge on any atom is -0.391 e. The molecule has 36 heavy (non-hydrogen) atoms. The van der Waals surface area contributed by atoms with Crippen molar-refractivity contribution in [1.29, 1.82) is 0 Å². The molecule has 8 nitrogen and oxygen atoms in total. The number of nitrogens with one attached hydrogen (secondary N) is 1. The van der Waals surface area contributed by atoms with Crippen LogP contribution in [-0.4, -0.2) is 51.3 Å². The van der Waals surface area contributed by atoms with E-state index in [-0.39, 0.29) is 35.5 Å². The first-order chi connectivity index (χ1) is 16.9. The van der Waals surface area contributed by atoms with E-state index < -0.39 is 59.2 Å². The number of rotatable bonds is 5. The van der Waals surface area contributed by atoms with E-state index in [1.807, 2.05) is 0 Å². The highest BCUT2D eigenvalue weighted by atomic mass is 19.4. The van der Waals surface area contributed by atoms with Gasteiger partial charge in [0.1, 0.15) is 29.1 Å². The second-order valence-corrected chi connectivity index (χ2v) is 8.22. The standard InChI is InChI=1S/C23H19F5N4O4/c1-2-17(23(26,27)28)29-22(36)14-10-31(16-5-3-11(24)7-15(16)25)21-13(20(14)35)4-6-18(30-21)32-9-12(33)8-19(32)34/h3-7,10,12,17,33H,2,8-9H2,1H3,(H,29,36)/t12?,17-/m1/s1. The molecule has 2 amide bonds. The zero-order valence-electron chi connectivity index (χ0n) is 18.6. The highest BCUT2D eigenvalue weighted by molar-refractivity contribution is 5.99. The zero-order chi connectivity index (χ0) is 26.4. The fraction of sp³-hybridized carbons (Fsp3) is 0.304. The number of anilines is 1. The highest BCUT2D eigenvalue weighted by Gasteiger charge is 2.40. The molecule has 1 unspecified atom stereocenters. The molecule has 3 heterocycles. The zero-order valence-corrected chi connectivity index (χ0v) is 18.6. The number of hydrogen-bond donors (Lipinski definition) is 2. The van der Waals surface area contributed by atoms with Crippen molar-refractivity contribution in [1.82, 2.24) is 14.9 Å². The van der Waals surface area contributed by atoms with Gasteiger partial charge in [-0.2, -0.15) is 13.2 Å². The van der Waals surface area contributed by atoms with Crippen LogP contribution in [0, 0.1) is 11.6 Å². The predicted molar refractivity (Wildman–Crippen MR) is 118 cm³/mol. The minimum absolute atomic E-state index is 0.0139. The van der Waals surface area contributed by atoms with E-state index in [1.54, 1.807) is 5.32 Å². The van der Waals surface area contributed by atoms with E-state index in [4.69, 9.17) is 0 Å². The second-order valence-electron chi connectivity index (χ2n) is 8.22. The first kappa shape index (κ1) is 25.2. The van der Waals surface area contributed by atoms with Gasteiger partial charge < -0.3 is 10.4 Å². The third-order valence-electron chi connectivity index (χ3n) is 5.74. The molecule has 1 aliphatic heterocycles. The van der Waals surface area contributed by atoms with Crippen LogP contribution in [-0.2, 0) is 4.79 Å². The maximum atomic E-state index is 14.7. The maximum absolute atomic E-state index is 14.7. The molecule has 2 aromatic heterocycles. The van der Waals surface area contributed by atoms with Gasteiger partial charge in [-0.3, -0.25) is 23.9 Å². The van der Waals surface area contributed by atoms with Gasteiger partial charge in [-0.15, -0.1) is 0 Å². The molecule has 0 spiro atoms. The summed E-state index contributed by atoms with van der Waals surface area (Å²) in [5.41, 5.74) is -2.30. The highest BCUT2D eigenvalue weighted by Crippen LogP contribution is 2.26. The number of fused-ring (bicyclic) bond motifs is 1. The lowest BCUT2D eigenvalue weighted by Gasteiger charge is -2.21. The lowest BCUT2D eigenvalue weighted by Crippen LogP contribution is -2.46. The van der Waals surface area contributed by atoms with Gasteiger partial charge in [-0.25, -0.2) is 13.8 Å². The maximum Gasteiger partial charge on any atom is 0.408 e. The number of amides is 2. The van der Waals surface area contributed by atoms with E-state index in [9.17, 15) is 41.4 Å². The summed E-state index contributed by atoms with van der Waals surface area (Å²) < 4.78 is 68.8. The number of aromatic nitrogens is 2. The molecule has 1 aromatic carbocycles. The predicted octanol–water partition coefficient (Wildman–Crippen LogP) is 2.83. The molecular formula is C23H19F5N4O4. The molecule has 0 saturated carbocycles. The molecule has 0 aliphatic carbocycles. The van der Waals surface area contributed by atoms with Crippen molar-refractivity contribution < 1.29 is 36.6 Å². The fourth-order valence-electron chi connectivity index (χ4n) is 3.93. The number of carbonyl (C=O) groups excluding carboxylic acids is 2. The summed E-state index contributed by atoms with van der Waals surface area (Å²) in [4.78, 5) is 43.4. The van der Waals surface area contributed by atoms with Crippen molar-refractivity contribution in [3.05, 3.63) is 63.9 Å². The molecule has 13 heteroatoms. The van der Waals surface area contributed by atoms with Gasteiger partial charge in [-0.05, 0) is 30.7 Å². The molecule has 1 saturated heterocycles. The van der Waals surface area contributed by atoms with Crippen molar-refractivity contribution in [2.45, 2.75) is 38.1 Å². The Morgan fingerprint density at radius 1 is 1.22 bits per heavy atom. The Bertz CT molecular complexity index is 1420. The lowest BCUT2D eigenvalue weighted by molar-refractivity contribution is -0.153. The molecular weight excluding hydrogens is 491 g/mol. The lowest BCUT2D eigenvalue weighted by atomic mass is 10.1. The first-order valence-electron chi connectivity index (χ1n) is 10.8. The Morgan fingerprint density at radius 3 is 2.53 bits per heavy atom. The fourth-order valence-corrected chi connectivity index (χ4v) is 3.93. The van der Waals surface area contributed by atoms with Gasteiger partial charge in [0.15, 0.2) is 5.65 Å². The van der Waals surface area contributed by atoms with Crippen LogP contribution >= 0.6 is 0 Å². The van der Waals surface area contributed by atoms with Crippen molar-refractivity contribution in [2.75, 3.05) is 11.4 Å². The van der Waals surface area contributed by atoms with Gasteiger partial charge in [0, 0.05) is 12.3 Å². The number of hydrogen-bond acceptors (Lipinski definition) is 5. The van der Waals surface area contributed by atoms with Gasteiger partial charge in [-0.1, -0.05) is 6.92 Å². The Hall–Kier alpha value is -3.87. The van der Waals surface area contributed by atoms with Crippen molar-refractivity contribution in [3.63, 3.8) is 0 Å². The first-order valence-corrected chi connectivity index (χ1v) is 10.8. The molecule has 1 aliphatic rings. The summed E-state index contributed by atoms with van der Waals surface area (Å²) in [5, 5.41) is 11.3. The summed E-state index contributed by atoms with van der Waals surface area (Å²) in [6, 6.07) is 2.66. The monoisotopic (exact) mass is 510 g/mol. The smallest absolute Gasteiger partial charge is 0.391 e. The van der Waals surface area contributed by atoms with Crippen LogP contribution in [0.4, 0.5) is 27.8 Å². The topological polar surface area (TPSA) is 105 Å². The summed E-state index contributed by atoms with van der Waals surface area (Å²) >= 11 is 0. The number of benzene rings is 1. The van der Waals surface area contributed by atoms with Crippen LogP contribution in [0.25, 0.3) is 16.7 Å². The molecule has 2 N–H and O–H groups in total. The minimum atomic E-state index is -4.77. The Kier molecular flexibility index (Phi) is 6.52. The Morgan fingerprint density at radius 2 is 1.94 bits per heavy atom. The number of β-amino-alcohol motifs (C(OH)–C–C–N with tert-alkyl or cyclic N) is 1. The molecule has 4 rings (SSSR count). The van der Waals surface area contributed by atoms with Crippen LogP contribution < -0.4 is 15.6 Å². The molecule has 0 radical (unpaired) electrons. The van der Waals surface area contributed by atoms with E-state index in [0.29, 0.717) is 6.07 Å². The average Bonchev–Trinajstić information content (AvgIpc) is 3.14. The second kappa shape index (κ2) is 9.30. The number of halogens is 5. The number of aliphatic hydroxyl groups excluding tert-OH is 1. The summed E-state index contributed by atoms with van der Waals surface area (Å²) in [5.74, 6) is -3.80. The molecule has 3 aromatic rings. The van der Waals surface area contributed by atoms with Crippen LogP contribution in [0.15, 0.2) is 41.3 Å². The average molecular weight is 510 g/mol. The SMILES string of the molecule is CC[C@@H](NC(=O)c1cn(-c2ccc(F)cc2F)c2nc(N3CC(O)CC3=O)ccc2c1=O)C(F)(F)F. The van der Waals surface area contributed by atoms with Crippen LogP contribution in [0.3, 0.4) is 0 Å². The van der Waals surface area contributed by atoms with E-state index in [1.165, 1.54) is 19.1 Å². The largest absolute Gasteiger partial charge is 0.408 e. The van der Waals surface area contributed by atoms with E-state index in [0.717, 1.165) is 27.8 Å². The molecule has 2 atom stereocenters. The van der Waals surface area contributed by atoms with Crippen LogP contribution in [0.2, 0.25) is 0 Å². The van der Waals surface area contributed by atoms with Gasteiger partial charge in [0.25, 0.3) is 5.91 Å². The summed E-state index contributed by atoms with van der Waals surface area (Å²) in [6.45, 7) is 1.12. The Labute approximate surface area is 200 Å². The van der Waals surface area contributed by atoms with Gasteiger partial charge in [0.2, 0.25) is 11.3 Å². The third-order valence-corrected chi connectivity index (χ3v) is 5.74. The number of alkyl halides is 3. The number of carbonyl (C=O) groups is 2. The van der Waals surface area contributed by atoms with Crippen LogP contribution in [0.5, 0.6) is 0 Å². The molecule has 190 valence electrons. The van der Waals surface area contributed by atoms with Crippen molar-refractivity contribution in [3.8, 4) is 5.69 Å². The number of pyridine rings is 2. The van der Waals surface area contributed by atoms with E-state index in [2.05, 4.69) is 4.98 Å². The van der Waals surface area contributed by atoms with Gasteiger partial charge >= 0.3 is 6.18 Å². The van der Waals surface area contributed by atoms with Crippen molar-refractivity contribution >= 4 is 28.7 Å². The van der Waals surface area contributed by atoms with Crippen LogP contribution in [0.1, 0.15) is 30.1 Å². The number of nitrogens with zero attached hydrogens (tertiary/aromatic N) is 3. The van der Waals surface area contributed by atoms with Gasteiger partial charge in [0.05, 0.1) is 30.1 Å². The molecule has 1 fully saturated rings. The van der Waals surface area contributed by atoms with E-state index >= 15 is 0 Å². The van der Waals surface area contributed by atoms with Crippen molar-refractivity contribution in [2.24, 2.45) is 0 Å². The summed E-state index contributed by atoms with van der Waals surface area (Å²) in [7, 11) is 0.